The van der Waals surface area contributed by atoms with E-state index in [-0.39, 0.29) is 18.3 Å². The fraction of sp³-hybridized carbons (Fsp3) is 0.308. The Kier molecular flexibility index (Phi) is 7.58. The van der Waals surface area contributed by atoms with Gasteiger partial charge in [0.15, 0.2) is 23.9 Å². The summed E-state index contributed by atoms with van der Waals surface area (Å²) in [5.41, 5.74) is 14.6. The van der Waals surface area contributed by atoms with Crippen LogP contribution in [0.1, 0.15) is 42.3 Å². The molecule has 0 radical (unpaired) electrons. The number of benzene rings is 2. The van der Waals surface area contributed by atoms with Gasteiger partial charge in [0, 0.05) is 29.3 Å². The number of nitrogens with zero attached hydrogens (tertiary/aromatic N) is 2. The first-order chi connectivity index (χ1) is 16.5. The molecule has 1 aromatic heterocycles. The van der Waals surface area contributed by atoms with Gasteiger partial charge < -0.3 is 25.7 Å². The lowest BCUT2D eigenvalue weighted by Gasteiger charge is -2.18. The summed E-state index contributed by atoms with van der Waals surface area (Å²) >= 11 is 0. The van der Waals surface area contributed by atoms with Crippen LogP contribution in [-0.2, 0) is 16.0 Å². The number of ether oxygens (including phenoxy) is 3. The van der Waals surface area contributed by atoms with E-state index in [0.29, 0.717) is 34.9 Å². The van der Waals surface area contributed by atoms with Crippen LogP contribution < -0.4 is 20.9 Å². The van der Waals surface area contributed by atoms with Gasteiger partial charge in [-0.1, -0.05) is 30.3 Å². The minimum absolute atomic E-state index is 0.104. The molecular formula is C26H30N4O5. The molecular weight excluding hydrogens is 448 g/mol. The van der Waals surface area contributed by atoms with Crippen LogP contribution in [0.25, 0.3) is 11.1 Å². The number of rotatable bonds is 8. The van der Waals surface area contributed by atoms with Crippen LogP contribution in [0.4, 0.5) is 11.8 Å². The summed E-state index contributed by atoms with van der Waals surface area (Å²) < 4.78 is 16.3. The molecule has 0 aliphatic rings. The van der Waals surface area contributed by atoms with E-state index in [1.807, 2.05) is 24.3 Å². The average molecular weight is 479 g/mol. The lowest BCUT2D eigenvalue weighted by Crippen LogP contribution is -2.25. The molecule has 0 atom stereocenters. The second-order valence-corrected chi connectivity index (χ2v) is 8.98. The van der Waals surface area contributed by atoms with Crippen molar-refractivity contribution in [2.24, 2.45) is 5.41 Å². The Morgan fingerprint density at radius 1 is 0.943 bits per heavy atom. The summed E-state index contributed by atoms with van der Waals surface area (Å²) in [6.45, 7) is 4.88. The molecule has 0 saturated heterocycles. The number of Topliss-reactive ketones (excluding diaryl/α,β-unsaturated/α-hetero) is 1. The number of ketones is 1. The molecule has 9 nitrogen and oxygen atoms in total. The first-order valence-corrected chi connectivity index (χ1v) is 11.0. The van der Waals surface area contributed by atoms with E-state index in [1.54, 1.807) is 53.3 Å². The number of esters is 1. The number of hydrogen-bond acceptors (Lipinski definition) is 9. The molecule has 2 aromatic carbocycles. The second-order valence-electron chi connectivity index (χ2n) is 8.98. The molecule has 35 heavy (non-hydrogen) atoms. The van der Waals surface area contributed by atoms with Gasteiger partial charge in [-0.15, -0.1) is 0 Å². The third-order valence-electron chi connectivity index (χ3n) is 5.37. The minimum Gasteiger partial charge on any atom is -0.493 e. The predicted octanol–water partition coefficient (Wildman–Crippen LogP) is 3.69. The normalized spacial score (nSPS) is 11.1. The summed E-state index contributed by atoms with van der Waals surface area (Å²) in [7, 11) is 3.13. The Labute approximate surface area is 204 Å². The number of nitrogens with two attached hydrogens (primary N) is 2. The standard InChI is InChI=1S/C26H30N4O5/c1-26(2,3)24(32)35-14-19(31)15-6-8-16(9-7-15)21-17(10-11-20(33-4)22(21)34-5)12-18-13-29-25(28)30-23(18)27/h6-11,13H,12,14H2,1-5H3,(H4,27,28,29,30). The van der Waals surface area contributed by atoms with Crippen molar-refractivity contribution in [3.05, 3.63) is 59.3 Å². The Balaban J connectivity index is 1.95. The van der Waals surface area contributed by atoms with Crippen molar-refractivity contribution in [2.75, 3.05) is 32.3 Å². The molecule has 0 bridgehead atoms. The van der Waals surface area contributed by atoms with Gasteiger partial charge in [0.05, 0.1) is 19.6 Å². The second kappa shape index (κ2) is 10.4. The van der Waals surface area contributed by atoms with E-state index in [9.17, 15) is 9.59 Å². The van der Waals surface area contributed by atoms with Crippen LogP contribution >= 0.6 is 0 Å². The van der Waals surface area contributed by atoms with E-state index in [1.165, 1.54) is 0 Å². The molecule has 0 fully saturated rings. The zero-order valence-corrected chi connectivity index (χ0v) is 20.5. The lowest BCUT2D eigenvalue weighted by molar-refractivity contribution is -0.151. The van der Waals surface area contributed by atoms with Crippen molar-refractivity contribution >= 4 is 23.5 Å². The maximum absolute atomic E-state index is 12.6. The highest BCUT2D eigenvalue weighted by molar-refractivity contribution is 5.98. The number of hydrogen-bond donors (Lipinski definition) is 2. The fourth-order valence-corrected chi connectivity index (χ4v) is 3.46. The molecule has 0 spiro atoms. The number of anilines is 2. The van der Waals surface area contributed by atoms with Gasteiger partial charge in [0.1, 0.15) is 5.82 Å². The van der Waals surface area contributed by atoms with Crippen molar-refractivity contribution in [3.8, 4) is 22.6 Å². The average Bonchev–Trinajstić information content (AvgIpc) is 2.83. The Morgan fingerprint density at radius 2 is 1.63 bits per heavy atom. The number of aromatic nitrogens is 2. The van der Waals surface area contributed by atoms with Crippen LogP contribution in [0, 0.1) is 5.41 Å². The molecule has 0 unspecified atom stereocenters. The highest BCUT2D eigenvalue weighted by atomic mass is 16.5. The summed E-state index contributed by atoms with van der Waals surface area (Å²) in [6, 6.07) is 10.7. The van der Waals surface area contributed by atoms with Crippen LogP contribution in [0.3, 0.4) is 0 Å². The van der Waals surface area contributed by atoms with Crippen molar-refractivity contribution in [2.45, 2.75) is 27.2 Å². The third-order valence-corrected chi connectivity index (χ3v) is 5.37. The molecule has 4 N–H and O–H groups in total. The van der Waals surface area contributed by atoms with E-state index >= 15 is 0 Å². The van der Waals surface area contributed by atoms with E-state index in [4.69, 9.17) is 25.7 Å². The molecule has 0 amide bonds. The van der Waals surface area contributed by atoms with Crippen molar-refractivity contribution in [3.63, 3.8) is 0 Å². The Hall–Kier alpha value is -4.14. The summed E-state index contributed by atoms with van der Waals surface area (Å²) in [4.78, 5) is 32.6. The van der Waals surface area contributed by atoms with Crippen LogP contribution in [0.5, 0.6) is 11.5 Å². The molecule has 0 saturated carbocycles. The van der Waals surface area contributed by atoms with Gasteiger partial charge in [-0.25, -0.2) is 4.98 Å². The zero-order chi connectivity index (χ0) is 25.8. The fourth-order valence-electron chi connectivity index (χ4n) is 3.46. The van der Waals surface area contributed by atoms with E-state index in [2.05, 4.69) is 9.97 Å². The Morgan fingerprint density at radius 3 is 2.20 bits per heavy atom. The van der Waals surface area contributed by atoms with Crippen molar-refractivity contribution in [1.82, 2.24) is 9.97 Å². The van der Waals surface area contributed by atoms with Gasteiger partial charge in [0.2, 0.25) is 5.95 Å². The number of carbonyl (C=O) groups is 2. The molecule has 3 aromatic rings. The maximum Gasteiger partial charge on any atom is 0.311 e. The third kappa shape index (κ3) is 5.87. The predicted molar refractivity (Wildman–Crippen MR) is 133 cm³/mol. The first-order valence-electron chi connectivity index (χ1n) is 11.0. The van der Waals surface area contributed by atoms with Crippen LogP contribution in [0.15, 0.2) is 42.6 Å². The molecule has 9 heteroatoms. The molecule has 1 heterocycles. The number of carbonyl (C=O) groups excluding carboxylic acids is 2. The quantitative estimate of drug-likeness (QED) is 0.366. The first kappa shape index (κ1) is 25.5. The zero-order valence-electron chi connectivity index (χ0n) is 20.5. The van der Waals surface area contributed by atoms with Gasteiger partial charge in [-0.3, -0.25) is 9.59 Å². The van der Waals surface area contributed by atoms with E-state index < -0.39 is 11.4 Å². The van der Waals surface area contributed by atoms with Gasteiger partial charge >= 0.3 is 5.97 Å². The molecule has 0 aliphatic carbocycles. The summed E-state index contributed by atoms with van der Waals surface area (Å²) in [5.74, 6) is 0.772. The smallest absolute Gasteiger partial charge is 0.311 e. The van der Waals surface area contributed by atoms with Crippen molar-refractivity contribution in [1.29, 1.82) is 0 Å². The lowest BCUT2D eigenvalue weighted by atomic mass is 9.93. The summed E-state index contributed by atoms with van der Waals surface area (Å²) in [5, 5.41) is 0. The van der Waals surface area contributed by atoms with Gasteiger partial charge in [-0.2, -0.15) is 4.98 Å². The van der Waals surface area contributed by atoms with Crippen LogP contribution in [-0.4, -0.2) is 42.5 Å². The Bertz CT molecular complexity index is 1230. The highest BCUT2D eigenvalue weighted by Gasteiger charge is 2.24. The molecule has 3 rings (SSSR count). The van der Waals surface area contributed by atoms with Gasteiger partial charge in [0.25, 0.3) is 0 Å². The minimum atomic E-state index is -0.678. The SMILES string of the molecule is COc1ccc(Cc2cnc(N)nc2N)c(-c2ccc(C(=O)COC(=O)C(C)(C)C)cc2)c1OC. The maximum atomic E-state index is 12.6. The van der Waals surface area contributed by atoms with E-state index in [0.717, 1.165) is 16.7 Å². The summed E-state index contributed by atoms with van der Waals surface area (Å²) in [6.07, 6.45) is 2.02. The molecule has 184 valence electrons. The topological polar surface area (TPSA) is 140 Å². The largest absolute Gasteiger partial charge is 0.493 e. The van der Waals surface area contributed by atoms with Gasteiger partial charge in [-0.05, 0) is 38.0 Å². The number of methoxy groups -OCH3 is 2. The number of nitrogen functional groups attached to an aromatic ring is 2. The molecule has 0 aliphatic heterocycles. The highest BCUT2D eigenvalue weighted by Crippen LogP contribution is 2.41. The monoisotopic (exact) mass is 478 g/mol. The van der Waals surface area contributed by atoms with Crippen molar-refractivity contribution < 1.29 is 23.8 Å². The van der Waals surface area contributed by atoms with Crippen LogP contribution in [0.2, 0.25) is 0 Å².